The predicted molar refractivity (Wildman–Crippen MR) is 79.4 cm³/mol. The Morgan fingerprint density at radius 3 is 2.90 bits per heavy atom. The van der Waals surface area contributed by atoms with Crippen LogP contribution in [-0.2, 0) is 0 Å². The molecule has 0 unspecified atom stereocenters. The summed E-state index contributed by atoms with van der Waals surface area (Å²) < 4.78 is 0. The van der Waals surface area contributed by atoms with Crippen LogP contribution >= 0.6 is 0 Å². The molecule has 2 N–H and O–H groups in total. The number of aliphatic hydroxyl groups is 1. The van der Waals surface area contributed by atoms with Gasteiger partial charge in [0.25, 0.3) is 0 Å². The van der Waals surface area contributed by atoms with E-state index in [2.05, 4.69) is 25.1 Å². The second kappa shape index (κ2) is 4.11. The van der Waals surface area contributed by atoms with E-state index >= 15 is 0 Å². The molecule has 0 heterocycles. The van der Waals surface area contributed by atoms with Gasteiger partial charge >= 0.3 is 0 Å². The summed E-state index contributed by atoms with van der Waals surface area (Å²) in [6, 6.07) is 5.78. The maximum Gasteiger partial charge on any atom is 0.116 e. The zero-order valence-electron chi connectivity index (χ0n) is 11.9. The molecule has 5 atom stereocenters. The average Bonchev–Trinajstić information content (AvgIpc) is 2.74. The van der Waals surface area contributed by atoms with Gasteiger partial charge in [-0.3, -0.25) is 0 Å². The molecule has 3 aliphatic carbocycles. The third kappa shape index (κ3) is 1.54. The Hall–Kier alpha value is -1.28. The van der Waals surface area contributed by atoms with Crippen LogP contribution < -0.4 is 0 Å². The average molecular weight is 270 g/mol. The van der Waals surface area contributed by atoms with Gasteiger partial charge in [-0.1, -0.05) is 25.1 Å². The quantitative estimate of drug-likeness (QED) is 0.755. The Kier molecular flexibility index (Phi) is 2.56. The van der Waals surface area contributed by atoms with E-state index in [1.54, 1.807) is 0 Å². The highest BCUT2D eigenvalue weighted by Gasteiger charge is 2.53. The fourth-order valence-corrected chi connectivity index (χ4v) is 5.06. The largest absolute Gasteiger partial charge is 0.508 e. The Bertz CT molecular complexity index is 577. The molecule has 3 aliphatic rings. The molecule has 0 aliphatic heterocycles. The fraction of sp³-hybridized carbons (Fsp3) is 0.556. The molecule has 20 heavy (non-hydrogen) atoms. The molecule has 106 valence electrons. The first-order valence-corrected chi connectivity index (χ1v) is 7.79. The molecule has 0 spiro atoms. The number of phenols is 1. The van der Waals surface area contributed by atoms with Crippen molar-refractivity contribution < 1.29 is 10.2 Å². The van der Waals surface area contributed by atoms with Crippen molar-refractivity contribution in [1.82, 2.24) is 0 Å². The number of fused-ring (bicyclic) bond motifs is 5. The molecule has 2 saturated carbocycles. The normalized spacial score (nSPS) is 41.9. The SMILES string of the molecule is C[C@@]12CC[C@H]3c4ccc(O)cc4C=C[C@@H]3[C@H]1CC[C@H]2O. The van der Waals surface area contributed by atoms with Gasteiger partial charge in [-0.25, -0.2) is 0 Å². The van der Waals surface area contributed by atoms with Crippen LogP contribution in [0.15, 0.2) is 24.3 Å². The summed E-state index contributed by atoms with van der Waals surface area (Å²) in [6.07, 6.45) is 8.77. The molecule has 1 aromatic carbocycles. The van der Waals surface area contributed by atoms with E-state index in [1.807, 2.05) is 12.1 Å². The second-order valence-electron chi connectivity index (χ2n) is 7.10. The third-order valence-corrected chi connectivity index (χ3v) is 6.25. The summed E-state index contributed by atoms with van der Waals surface area (Å²) in [5.74, 6) is 2.08. The monoisotopic (exact) mass is 270 g/mol. The first-order chi connectivity index (χ1) is 9.59. The van der Waals surface area contributed by atoms with Crippen molar-refractivity contribution in [2.24, 2.45) is 17.3 Å². The van der Waals surface area contributed by atoms with Gasteiger partial charge in [0.2, 0.25) is 0 Å². The van der Waals surface area contributed by atoms with Crippen LogP contribution in [0.3, 0.4) is 0 Å². The summed E-state index contributed by atoms with van der Waals surface area (Å²) >= 11 is 0. The number of allylic oxidation sites excluding steroid dienone is 1. The minimum absolute atomic E-state index is 0.111. The molecule has 2 nitrogen and oxygen atoms in total. The zero-order valence-corrected chi connectivity index (χ0v) is 11.9. The lowest BCUT2D eigenvalue weighted by molar-refractivity contribution is -0.00797. The van der Waals surface area contributed by atoms with E-state index in [0.717, 1.165) is 25.7 Å². The Balaban J connectivity index is 1.75. The van der Waals surface area contributed by atoms with E-state index in [-0.39, 0.29) is 11.5 Å². The third-order valence-electron chi connectivity index (χ3n) is 6.25. The summed E-state index contributed by atoms with van der Waals surface area (Å²) in [5.41, 5.74) is 2.67. The number of benzene rings is 1. The molecule has 0 saturated heterocycles. The minimum Gasteiger partial charge on any atom is -0.508 e. The molecular formula is C18H22O2. The van der Waals surface area contributed by atoms with E-state index in [0.29, 0.717) is 23.5 Å². The van der Waals surface area contributed by atoms with Gasteiger partial charge < -0.3 is 10.2 Å². The van der Waals surface area contributed by atoms with Gasteiger partial charge in [0.1, 0.15) is 5.75 Å². The highest BCUT2D eigenvalue weighted by atomic mass is 16.3. The molecule has 0 amide bonds. The molecular weight excluding hydrogens is 248 g/mol. The highest BCUT2D eigenvalue weighted by Crippen LogP contribution is 2.60. The smallest absolute Gasteiger partial charge is 0.116 e. The first-order valence-electron chi connectivity index (χ1n) is 7.79. The van der Waals surface area contributed by atoms with Crippen molar-refractivity contribution in [3.05, 3.63) is 35.4 Å². The van der Waals surface area contributed by atoms with Crippen LogP contribution in [-0.4, -0.2) is 16.3 Å². The lowest BCUT2D eigenvalue weighted by Gasteiger charge is -2.48. The molecule has 0 bridgehead atoms. The van der Waals surface area contributed by atoms with Crippen molar-refractivity contribution in [2.45, 2.75) is 44.6 Å². The van der Waals surface area contributed by atoms with E-state index < -0.39 is 0 Å². The molecule has 4 rings (SSSR count). The van der Waals surface area contributed by atoms with Crippen LogP contribution in [0, 0.1) is 17.3 Å². The number of hydrogen-bond donors (Lipinski definition) is 2. The van der Waals surface area contributed by atoms with Crippen LogP contribution in [0.25, 0.3) is 6.08 Å². The zero-order chi connectivity index (χ0) is 13.9. The van der Waals surface area contributed by atoms with Crippen LogP contribution in [0.2, 0.25) is 0 Å². The maximum absolute atomic E-state index is 10.3. The topological polar surface area (TPSA) is 40.5 Å². The van der Waals surface area contributed by atoms with Crippen molar-refractivity contribution in [3.63, 3.8) is 0 Å². The van der Waals surface area contributed by atoms with Crippen LogP contribution in [0.5, 0.6) is 5.75 Å². The molecule has 0 aromatic heterocycles. The maximum atomic E-state index is 10.3. The Morgan fingerprint density at radius 2 is 2.05 bits per heavy atom. The predicted octanol–water partition coefficient (Wildman–Crippen LogP) is 3.69. The summed E-state index contributed by atoms with van der Waals surface area (Å²) in [6.45, 7) is 2.28. The minimum atomic E-state index is -0.122. The number of rotatable bonds is 0. The number of hydrogen-bond acceptors (Lipinski definition) is 2. The van der Waals surface area contributed by atoms with Crippen molar-refractivity contribution in [3.8, 4) is 5.75 Å². The first kappa shape index (κ1) is 12.5. The van der Waals surface area contributed by atoms with Gasteiger partial charge in [0, 0.05) is 0 Å². The number of phenolic OH excluding ortho intramolecular Hbond substituents is 1. The standard InChI is InChI=1S/C18H22O2/c1-18-9-8-14-13-5-3-12(19)10-11(13)2-4-15(14)16(18)6-7-17(18)20/h2-5,10,14-17,19-20H,6-9H2,1H3/t14-,15-,16+,17+,18+/m0/s1. The Labute approximate surface area is 120 Å². The van der Waals surface area contributed by atoms with E-state index in [4.69, 9.17) is 0 Å². The van der Waals surface area contributed by atoms with E-state index in [9.17, 15) is 10.2 Å². The van der Waals surface area contributed by atoms with Gasteiger partial charge in [0.05, 0.1) is 6.10 Å². The van der Waals surface area contributed by atoms with Crippen molar-refractivity contribution in [1.29, 1.82) is 0 Å². The van der Waals surface area contributed by atoms with E-state index in [1.165, 1.54) is 11.1 Å². The summed E-state index contributed by atoms with van der Waals surface area (Å²) in [5, 5.41) is 20.0. The van der Waals surface area contributed by atoms with Crippen LogP contribution in [0.4, 0.5) is 0 Å². The summed E-state index contributed by atoms with van der Waals surface area (Å²) in [4.78, 5) is 0. The molecule has 0 radical (unpaired) electrons. The molecule has 2 fully saturated rings. The van der Waals surface area contributed by atoms with Crippen molar-refractivity contribution in [2.75, 3.05) is 0 Å². The summed E-state index contributed by atoms with van der Waals surface area (Å²) in [7, 11) is 0. The van der Waals surface area contributed by atoms with Gasteiger partial charge in [-0.15, -0.1) is 0 Å². The number of aromatic hydroxyl groups is 1. The lowest BCUT2D eigenvalue weighted by atomic mass is 9.57. The molecule has 1 aromatic rings. The second-order valence-corrected chi connectivity index (χ2v) is 7.10. The van der Waals surface area contributed by atoms with Crippen molar-refractivity contribution >= 4 is 6.08 Å². The molecule has 2 heteroatoms. The highest BCUT2D eigenvalue weighted by molar-refractivity contribution is 5.60. The number of aliphatic hydroxyl groups excluding tert-OH is 1. The van der Waals surface area contributed by atoms with Crippen LogP contribution in [0.1, 0.15) is 49.7 Å². The fourth-order valence-electron chi connectivity index (χ4n) is 5.06. The van der Waals surface area contributed by atoms with Gasteiger partial charge in [-0.05, 0) is 72.1 Å². The Morgan fingerprint density at radius 1 is 1.20 bits per heavy atom. The van der Waals surface area contributed by atoms with Gasteiger partial charge in [-0.2, -0.15) is 0 Å². The van der Waals surface area contributed by atoms with Gasteiger partial charge in [0.15, 0.2) is 0 Å². The lowest BCUT2D eigenvalue weighted by Crippen LogP contribution is -2.42.